The first-order valence-electron chi connectivity index (χ1n) is 9.09. The van der Waals surface area contributed by atoms with E-state index >= 15 is 0 Å². The molecule has 0 bridgehead atoms. The van der Waals surface area contributed by atoms with Gasteiger partial charge in [0.1, 0.15) is 0 Å². The van der Waals surface area contributed by atoms with E-state index in [-0.39, 0.29) is 11.7 Å². The van der Waals surface area contributed by atoms with E-state index in [0.29, 0.717) is 10.8 Å². The Morgan fingerprint density at radius 2 is 1.75 bits per heavy atom. The van der Waals surface area contributed by atoms with Crippen molar-refractivity contribution >= 4 is 22.6 Å². The molecule has 2 aromatic carbocycles. The third-order valence-corrected chi connectivity index (χ3v) is 4.34. The van der Waals surface area contributed by atoms with Gasteiger partial charge in [0.15, 0.2) is 12.3 Å². The number of hydrogen-bond donors (Lipinski definition) is 2. The first kappa shape index (κ1) is 19.3. The number of hydrogen-bond acceptors (Lipinski definition) is 5. The van der Waals surface area contributed by atoms with Crippen LogP contribution in [0.25, 0.3) is 10.8 Å². The number of carbonyl (C=O) groups excluding carboxylic acids is 2. The van der Waals surface area contributed by atoms with E-state index in [1.165, 1.54) is 0 Å². The van der Waals surface area contributed by atoms with Crippen molar-refractivity contribution in [2.45, 2.75) is 25.8 Å². The first-order valence-corrected chi connectivity index (χ1v) is 9.09. The van der Waals surface area contributed by atoms with E-state index in [1.54, 1.807) is 24.3 Å². The zero-order chi connectivity index (χ0) is 19.9. The fourth-order valence-electron chi connectivity index (χ4n) is 3.00. The number of benzene rings is 2. The number of aromatic amines is 1. The van der Waals surface area contributed by atoms with Crippen LogP contribution in [0.1, 0.15) is 41.9 Å². The minimum atomic E-state index is -0.769. The Kier molecular flexibility index (Phi) is 6.16. The maximum atomic E-state index is 12.4. The van der Waals surface area contributed by atoms with Crippen molar-refractivity contribution in [3.63, 3.8) is 0 Å². The highest BCUT2D eigenvalue weighted by atomic mass is 16.5. The van der Waals surface area contributed by atoms with Gasteiger partial charge >= 0.3 is 5.97 Å². The fraction of sp³-hybridized carbons (Fsp3) is 0.238. The van der Waals surface area contributed by atoms with E-state index in [9.17, 15) is 14.4 Å². The van der Waals surface area contributed by atoms with Crippen molar-refractivity contribution in [1.82, 2.24) is 15.5 Å². The van der Waals surface area contributed by atoms with Gasteiger partial charge in [-0.25, -0.2) is 9.89 Å². The van der Waals surface area contributed by atoms with Gasteiger partial charge in [0.2, 0.25) is 0 Å². The molecular formula is C21H21N3O4. The van der Waals surface area contributed by atoms with Crippen molar-refractivity contribution in [2.24, 2.45) is 0 Å². The fourth-order valence-corrected chi connectivity index (χ4v) is 3.00. The van der Waals surface area contributed by atoms with Gasteiger partial charge in [-0.15, -0.1) is 0 Å². The quantitative estimate of drug-likeness (QED) is 0.615. The molecule has 0 radical (unpaired) electrons. The molecule has 0 aliphatic rings. The van der Waals surface area contributed by atoms with Crippen molar-refractivity contribution in [1.29, 1.82) is 0 Å². The van der Waals surface area contributed by atoms with E-state index in [0.717, 1.165) is 18.4 Å². The van der Waals surface area contributed by atoms with Crippen LogP contribution in [0, 0.1) is 0 Å². The molecule has 144 valence electrons. The average molecular weight is 379 g/mol. The molecule has 0 saturated heterocycles. The molecule has 1 atom stereocenters. The molecule has 7 nitrogen and oxygen atoms in total. The summed E-state index contributed by atoms with van der Waals surface area (Å²) in [7, 11) is 0. The lowest BCUT2D eigenvalue weighted by atomic mass is 10.0. The molecule has 1 aromatic heterocycles. The molecule has 0 aliphatic heterocycles. The number of esters is 1. The zero-order valence-corrected chi connectivity index (χ0v) is 15.5. The van der Waals surface area contributed by atoms with Crippen LogP contribution in [0.2, 0.25) is 0 Å². The minimum absolute atomic E-state index is 0.0313. The Labute approximate surface area is 161 Å². The molecule has 1 amide bonds. The van der Waals surface area contributed by atoms with Gasteiger partial charge in [-0.3, -0.25) is 9.59 Å². The number of aromatic nitrogens is 2. The van der Waals surface area contributed by atoms with E-state index in [4.69, 9.17) is 4.74 Å². The molecule has 0 aliphatic carbocycles. The third kappa shape index (κ3) is 4.43. The Morgan fingerprint density at radius 1 is 1.07 bits per heavy atom. The smallest absolute Gasteiger partial charge is 0.359 e. The van der Waals surface area contributed by atoms with E-state index < -0.39 is 24.0 Å². The normalized spacial score (nSPS) is 11.8. The maximum Gasteiger partial charge on any atom is 0.359 e. The molecule has 0 saturated carbocycles. The summed E-state index contributed by atoms with van der Waals surface area (Å²) in [6.45, 7) is 1.61. The molecule has 3 aromatic rings. The molecule has 0 fully saturated rings. The van der Waals surface area contributed by atoms with Gasteiger partial charge in [-0.1, -0.05) is 61.9 Å². The third-order valence-electron chi connectivity index (χ3n) is 4.34. The molecule has 1 heterocycles. The molecule has 3 rings (SSSR count). The standard InChI is InChI=1S/C21H21N3O4/c1-2-8-17(14-9-4-3-5-10-14)22-18(25)13-28-21(27)19-15-11-6-7-12-16(15)20(26)24-23-19/h3-7,9-12,17H,2,8,13H2,1H3,(H,22,25)(H,24,26)/t17-/m1/s1. The molecule has 2 N–H and O–H groups in total. The number of rotatable bonds is 7. The number of amides is 1. The minimum Gasteiger partial charge on any atom is -0.451 e. The van der Waals surface area contributed by atoms with Gasteiger partial charge < -0.3 is 10.1 Å². The van der Waals surface area contributed by atoms with Crippen molar-refractivity contribution in [2.75, 3.05) is 6.61 Å². The highest BCUT2D eigenvalue weighted by Gasteiger charge is 2.18. The van der Waals surface area contributed by atoms with Gasteiger partial charge in [0.25, 0.3) is 11.5 Å². The summed E-state index contributed by atoms with van der Waals surface area (Å²) in [6.07, 6.45) is 1.67. The number of carbonyl (C=O) groups is 2. The largest absolute Gasteiger partial charge is 0.451 e. The van der Waals surface area contributed by atoms with Crippen molar-refractivity contribution in [3.05, 3.63) is 76.2 Å². The van der Waals surface area contributed by atoms with Crippen LogP contribution < -0.4 is 10.9 Å². The van der Waals surface area contributed by atoms with Crippen LogP contribution in [0.5, 0.6) is 0 Å². The lowest BCUT2D eigenvalue weighted by molar-refractivity contribution is -0.125. The highest BCUT2D eigenvalue weighted by molar-refractivity contribution is 6.02. The Balaban J connectivity index is 1.67. The zero-order valence-electron chi connectivity index (χ0n) is 15.5. The SMILES string of the molecule is CCC[C@@H](NC(=O)COC(=O)c1n[nH]c(=O)c2ccccc12)c1ccccc1. The lowest BCUT2D eigenvalue weighted by Crippen LogP contribution is -2.32. The van der Waals surface area contributed by atoms with E-state index in [1.807, 2.05) is 37.3 Å². The van der Waals surface area contributed by atoms with Gasteiger partial charge in [-0.05, 0) is 18.1 Å². The summed E-state index contributed by atoms with van der Waals surface area (Å²) in [5, 5.41) is 9.66. The predicted molar refractivity (Wildman–Crippen MR) is 105 cm³/mol. The Bertz CT molecular complexity index is 1030. The Morgan fingerprint density at radius 3 is 2.46 bits per heavy atom. The number of nitrogens with zero attached hydrogens (tertiary/aromatic N) is 1. The number of nitrogens with one attached hydrogen (secondary N) is 2. The average Bonchev–Trinajstić information content (AvgIpc) is 2.73. The van der Waals surface area contributed by atoms with Crippen molar-refractivity contribution < 1.29 is 14.3 Å². The van der Waals surface area contributed by atoms with E-state index in [2.05, 4.69) is 15.5 Å². The van der Waals surface area contributed by atoms with Crippen molar-refractivity contribution in [3.8, 4) is 0 Å². The monoisotopic (exact) mass is 379 g/mol. The number of H-pyrrole nitrogens is 1. The number of ether oxygens (including phenoxy) is 1. The van der Waals surface area contributed by atoms with Crippen LogP contribution in [-0.4, -0.2) is 28.7 Å². The molecule has 0 unspecified atom stereocenters. The lowest BCUT2D eigenvalue weighted by Gasteiger charge is -2.18. The summed E-state index contributed by atoms with van der Waals surface area (Å²) >= 11 is 0. The second kappa shape index (κ2) is 8.94. The molecule has 0 spiro atoms. The summed E-state index contributed by atoms with van der Waals surface area (Å²) in [6, 6.07) is 16.1. The van der Waals surface area contributed by atoms with Crippen LogP contribution in [-0.2, 0) is 9.53 Å². The van der Waals surface area contributed by atoms with Crippen LogP contribution in [0.15, 0.2) is 59.4 Å². The Hall–Kier alpha value is -3.48. The van der Waals surface area contributed by atoms with Gasteiger partial charge in [0, 0.05) is 5.39 Å². The maximum absolute atomic E-state index is 12.4. The summed E-state index contributed by atoms with van der Waals surface area (Å²) in [5.74, 6) is -1.17. The van der Waals surface area contributed by atoms with Crippen LogP contribution in [0.4, 0.5) is 0 Å². The topological polar surface area (TPSA) is 101 Å². The van der Waals surface area contributed by atoms with Gasteiger partial charge in [-0.2, -0.15) is 5.10 Å². The number of fused-ring (bicyclic) bond motifs is 1. The highest BCUT2D eigenvalue weighted by Crippen LogP contribution is 2.18. The van der Waals surface area contributed by atoms with Crippen LogP contribution >= 0.6 is 0 Å². The first-order chi connectivity index (χ1) is 13.6. The predicted octanol–water partition coefficient (Wildman–Crippen LogP) is 2.74. The summed E-state index contributed by atoms with van der Waals surface area (Å²) in [4.78, 5) is 36.5. The van der Waals surface area contributed by atoms with Crippen LogP contribution in [0.3, 0.4) is 0 Å². The molecular weight excluding hydrogens is 358 g/mol. The summed E-state index contributed by atoms with van der Waals surface area (Å²) in [5.41, 5.74) is 0.573. The van der Waals surface area contributed by atoms with Gasteiger partial charge in [0.05, 0.1) is 11.4 Å². The second-order valence-electron chi connectivity index (χ2n) is 6.34. The molecule has 7 heteroatoms. The second-order valence-corrected chi connectivity index (χ2v) is 6.34. The molecule has 28 heavy (non-hydrogen) atoms. The summed E-state index contributed by atoms with van der Waals surface area (Å²) < 4.78 is 5.12.